The molecule has 0 atom stereocenters. The number of esters is 1. The topological polar surface area (TPSA) is 74.7 Å². The van der Waals surface area contributed by atoms with Crippen LogP contribution in [0, 0.1) is 0 Å². The predicted molar refractivity (Wildman–Crippen MR) is 106 cm³/mol. The second-order valence-corrected chi connectivity index (χ2v) is 6.23. The number of aromatic nitrogens is 1. The number of carbonyl (C=O) groups is 2. The number of fused-ring (bicyclic) bond motifs is 1. The van der Waals surface area contributed by atoms with Gasteiger partial charge in [-0.1, -0.05) is 12.1 Å². The van der Waals surface area contributed by atoms with Gasteiger partial charge in [-0.15, -0.1) is 0 Å². The fraction of sp³-hybridized carbons (Fsp3) is 0.0870. The molecular formula is C23H17NO5. The molecule has 0 unspecified atom stereocenters. The zero-order chi connectivity index (χ0) is 20.2. The fourth-order valence-electron chi connectivity index (χ4n) is 2.86. The van der Waals surface area contributed by atoms with Crippen LogP contribution in [0.1, 0.15) is 33.2 Å². The lowest BCUT2D eigenvalue weighted by atomic mass is 10.1. The zero-order valence-corrected chi connectivity index (χ0v) is 15.6. The Kier molecular flexibility index (Phi) is 5.07. The number of hydrogen-bond acceptors (Lipinski definition) is 6. The standard InChI is InChI=1S/C23H17NO5/c1-2-27-17-5-3-15(4-6-17)13-21-22(25)19-8-7-18(14-20(19)29-21)28-23(26)16-9-11-24-12-10-16/h3-14H,2H2,1H3/b21-13-. The molecule has 0 amide bonds. The average molecular weight is 387 g/mol. The highest BCUT2D eigenvalue weighted by molar-refractivity contribution is 6.14. The van der Waals surface area contributed by atoms with Gasteiger partial charge in [0.05, 0.1) is 17.7 Å². The fourth-order valence-corrected chi connectivity index (χ4v) is 2.86. The van der Waals surface area contributed by atoms with E-state index in [0.717, 1.165) is 11.3 Å². The summed E-state index contributed by atoms with van der Waals surface area (Å²) in [4.78, 5) is 28.6. The van der Waals surface area contributed by atoms with Gasteiger partial charge in [-0.05, 0) is 55.0 Å². The van der Waals surface area contributed by atoms with Crippen molar-refractivity contribution in [2.75, 3.05) is 6.61 Å². The molecular weight excluding hydrogens is 370 g/mol. The van der Waals surface area contributed by atoms with Gasteiger partial charge in [0, 0.05) is 18.5 Å². The second kappa shape index (κ2) is 7.98. The molecule has 6 heteroatoms. The molecule has 0 bridgehead atoms. The van der Waals surface area contributed by atoms with E-state index >= 15 is 0 Å². The van der Waals surface area contributed by atoms with Gasteiger partial charge < -0.3 is 14.2 Å². The smallest absolute Gasteiger partial charge is 0.343 e. The van der Waals surface area contributed by atoms with E-state index in [1.807, 2.05) is 31.2 Å². The summed E-state index contributed by atoms with van der Waals surface area (Å²) >= 11 is 0. The van der Waals surface area contributed by atoms with Crippen molar-refractivity contribution in [3.05, 3.63) is 89.4 Å². The van der Waals surface area contributed by atoms with Crippen LogP contribution in [0.15, 0.2) is 72.8 Å². The minimum Gasteiger partial charge on any atom is -0.494 e. The van der Waals surface area contributed by atoms with E-state index < -0.39 is 5.97 Å². The van der Waals surface area contributed by atoms with E-state index in [-0.39, 0.29) is 11.5 Å². The van der Waals surface area contributed by atoms with Crippen LogP contribution in [0.5, 0.6) is 17.2 Å². The molecule has 0 N–H and O–H groups in total. The Labute approximate surface area is 167 Å². The third kappa shape index (κ3) is 4.01. The SMILES string of the molecule is CCOc1ccc(/C=C2\Oc3cc(OC(=O)c4ccncc4)ccc3C2=O)cc1. The van der Waals surface area contributed by atoms with Gasteiger partial charge in [-0.2, -0.15) is 0 Å². The van der Waals surface area contributed by atoms with E-state index in [1.165, 1.54) is 18.5 Å². The monoisotopic (exact) mass is 387 g/mol. The molecule has 0 spiro atoms. The molecule has 1 aromatic heterocycles. The first-order valence-electron chi connectivity index (χ1n) is 9.07. The number of carbonyl (C=O) groups excluding carboxylic acids is 2. The molecule has 0 radical (unpaired) electrons. The summed E-state index contributed by atoms with van der Waals surface area (Å²) in [6.07, 6.45) is 4.69. The molecule has 144 valence electrons. The van der Waals surface area contributed by atoms with Crippen LogP contribution in [0.4, 0.5) is 0 Å². The summed E-state index contributed by atoms with van der Waals surface area (Å²) < 4.78 is 16.5. The van der Waals surface area contributed by atoms with E-state index in [4.69, 9.17) is 14.2 Å². The van der Waals surface area contributed by atoms with E-state index in [0.29, 0.717) is 29.2 Å². The Morgan fingerprint density at radius 2 is 1.76 bits per heavy atom. The summed E-state index contributed by atoms with van der Waals surface area (Å²) in [7, 11) is 0. The first-order valence-corrected chi connectivity index (χ1v) is 9.07. The number of allylic oxidation sites excluding steroid dienone is 1. The van der Waals surface area contributed by atoms with Gasteiger partial charge in [0.2, 0.25) is 5.78 Å². The van der Waals surface area contributed by atoms with Crippen LogP contribution < -0.4 is 14.2 Å². The van der Waals surface area contributed by atoms with Crippen LogP contribution in [0.3, 0.4) is 0 Å². The van der Waals surface area contributed by atoms with E-state index in [2.05, 4.69) is 4.98 Å². The highest BCUT2D eigenvalue weighted by Crippen LogP contribution is 2.35. The van der Waals surface area contributed by atoms with Crippen molar-refractivity contribution >= 4 is 17.8 Å². The molecule has 2 aromatic carbocycles. The Morgan fingerprint density at radius 3 is 2.48 bits per heavy atom. The van der Waals surface area contributed by atoms with Crippen molar-refractivity contribution in [2.24, 2.45) is 0 Å². The molecule has 29 heavy (non-hydrogen) atoms. The molecule has 1 aliphatic rings. The number of pyridine rings is 1. The van der Waals surface area contributed by atoms with Crippen LogP contribution >= 0.6 is 0 Å². The summed E-state index contributed by atoms with van der Waals surface area (Å²) in [5.74, 6) is 0.884. The molecule has 1 aliphatic heterocycles. The van der Waals surface area contributed by atoms with Crippen molar-refractivity contribution in [1.82, 2.24) is 4.98 Å². The number of ketones is 1. The molecule has 3 aromatic rings. The number of Topliss-reactive ketones (excluding diaryl/α,β-unsaturated/α-hetero) is 1. The maximum atomic E-state index is 12.6. The van der Waals surface area contributed by atoms with Crippen LogP contribution in [0.2, 0.25) is 0 Å². The van der Waals surface area contributed by atoms with Gasteiger partial charge in [-0.25, -0.2) is 4.79 Å². The number of nitrogens with zero attached hydrogens (tertiary/aromatic N) is 1. The molecule has 4 rings (SSSR count). The maximum absolute atomic E-state index is 12.6. The minimum atomic E-state index is -0.512. The summed E-state index contributed by atoms with van der Waals surface area (Å²) in [6, 6.07) is 15.2. The van der Waals surface area contributed by atoms with Crippen molar-refractivity contribution in [1.29, 1.82) is 0 Å². The van der Waals surface area contributed by atoms with Gasteiger partial charge in [-0.3, -0.25) is 9.78 Å². The van der Waals surface area contributed by atoms with Crippen LogP contribution in [-0.4, -0.2) is 23.3 Å². The third-order valence-corrected chi connectivity index (χ3v) is 4.26. The van der Waals surface area contributed by atoms with Crippen LogP contribution in [-0.2, 0) is 0 Å². The van der Waals surface area contributed by atoms with Crippen LogP contribution in [0.25, 0.3) is 6.08 Å². The van der Waals surface area contributed by atoms with Gasteiger partial charge in [0.15, 0.2) is 5.76 Å². The Balaban J connectivity index is 1.51. The highest BCUT2D eigenvalue weighted by Gasteiger charge is 2.28. The second-order valence-electron chi connectivity index (χ2n) is 6.23. The van der Waals surface area contributed by atoms with E-state index in [9.17, 15) is 9.59 Å². The third-order valence-electron chi connectivity index (χ3n) is 4.26. The van der Waals surface area contributed by atoms with E-state index in [1.54, 1.807) is 30.3 Å². The first kappa shape index (κ1) is 18.4. The number of rotatable bonds is 5. The number of benzene rings is 2. The lowest BCUT2D eigenvalue weighted by Gasteiger charge is -2.05. The molecule has 0 saturated carbocycles. The average Bonchev–Trinajstić information content (AvgIpc) is 3.05. The molecule has 0 aliphatic carbocycles. The number of ether oxygens (including phenoxy) is 3. The predicted octanol–water partition coefficient (Wildman–Crippen LogP) is 4.32. The Hall–Kier alpha value is -3.93. The zero-order valence-electron chi connectivity index (χ0n) is 15.6. The van der Waals surface area contributed by atoms with Crippen molar-refractivity contribution in [3.63, 3.8) is 0 Å². The summed E-state index contributed by atoms with van der Waals surface area (Å²) in [5.41, 5.74) is 1.62. The lowest BCUT2D eigenvalue weighted by molar-refractivity contribution is 0.0734. The quantitative estimate of drug-likeness (QED) is 0.369. The largest absolute Gasteiger partial charge is 0.494 e. The molecule has 6 nitrogen and oxygen atoms in total. The van der Waals surface area contributed by atoms with Crippen molar-refractivity contribution < 1.29 is 23.8 Å². The van der Waals surface area contributed by atoms with Gasteiger partial charge >= 0.3 is 5.97 Å². The normalized spacial score (nSPS) is 13.7. The lowest BCUT2D eigenvalue weighted by Crippen LogP contribution is -2.08. The van der Waals surface area contributed by atoms with Crippen molar-refractivity contribution in [2.45, 2.75) is 6.92 Å². The Bertz CT molecular complexity index is 1090. The van der Waals surface area contributed by atoms with Crippen molar-refractivity contribution in [3.8, 4) is 17.2 Å². The first-order chi connectivity index (χ1) is 14.1. The maximum Gasteiger partial charge on any atom is 0.343 e. The molecule has 0 fully saturated rings. The minimum absolute atomic E-state index is 0.210. The molecule has 2 heterocycles. The summed E-state index contributed by atoms with van der Waals surface area (Å²) in [6.45, 7) is 2.51. The van der Waals surface area contributed by atoms with Gasteiger partial charge in [0.1, 0.15) is 17.2 Å². The molecule has 0 saturated heterocycles. The Morgan fingerprint density at radius 1 is 1.03 bits per heavy atom. The van der Waals surface area contributed by atoms with Gasteiger partial charge in [0.25, 0.3) is 0 Å². The number of hydrogen-bond donors (Lipinski definition) is 0. The summed E-state index contributed by atoms with van der Waals surface area (Å²) in [5, 5.41) is 0. The highest BCUT2D eigenvalue weighted by atomic mass is 16.5.